The molecule has 1 saturated carbocycles. The monoisotopic (exact) mass is 480 g/mol. The largest absolute Gasteiger partial charge is 0.392 e. The van der Waals surface area contributed by atoms with Crippen LogP contribution in [-0.2, 0) is 4.79 Å². The second-order valence-electron chi connectivity index (χ2n) is 7.89. The maximum absolute atomic E-state index is 11.6. The van der Waals surface area contributed by atoms with Crippen LogP contribution in [-0.4, -0.2) is 61.2 Å². The fraction of sp³-hybridized carbons (Fsp3) is 0.895. The smallest absolute Gasteiger partial charge is 0.220 e. The van der Waals surface area contributed by atoms with Crippen molar-refractivity contribution in [3.8, 4) is 0 Å². The zero-order valence-electron chi connectivity index (χ0n) is 16.6. The Kier molecular flexibility index (Phi) is 10.2. The Morgan fingerprint density at radius 1 is 1.27 bits per heavy atom. The number of hydrogen-bond acceptors (Lipinski definition) is 3. The molecule has 1 saturated heterocycles. The van der Waals surface area contributed by atoms with E-state index >= 15 is 0 Å². The molecule has 152 valence electrons. The fourth-order valence-corrected chi connectivity index (χ4v) is 3.96. The number of aliphatic hydroxyl groups is 1. The van der Waals surface area contributed by atoms with Crippen LogP contribution < -0.4 is 10.6 Å². The molecular weight excluding hydrogens is 443 g/mol. The Morgan fingerprint density at radius 2 is 1.96 bits per heavy atom. The number of aliphatic hydroxyl groups excluding tert-OH is 1. The molecule has 0 aromatic rings. The number of halogens is 1. The Labute approximate surface area is 175 Å². The van der Waals surface area contributed by atoms with Crippen molar-refractivity contribution in [3.63, 3.8) is 0 Å². The van der Waals surface area contributed by atoms with Crippen molar-refractivity contribution in [1.82, 2.24) is 15.5 Å². The molecule has 2 rings (SSSR count). The number of guanidine groups is 1. The van der Waals surface area contributed by atoms with Gasteiger partial charge in [-0.25, -0.2) is 0 Å². The molecule has 2 atom stereocenters. The highest BCUT2D eigenvalue weighted by Crippen LogP contribution is 2.36. The van der Waals surface area contributed by atoms with Gasteiger partial charge in [-0.2, -0.15) is 0 Å². The summed E-state index contributed by atoms with van der Waals surface area (Å²) in [5.41, 5.74) is -0.101. The normalized spacial score (nSPS) is 27.6. The van der Waals surface area contributed by atoms with E-state index < -0.39 is 0 Å². The van der Waals surface area contributed by atoms with Gasteiger partial charge in [0.2, 0.25) is 5.91 Å². The van der Waals surface area contributed by atoms with Crippen molar-refractivity contribution >= 4 is 35.8 Å². The molecule has 0 radical (unpaired) electrons. The van der Waals surface area contributed by atoms with Gasteiger partial charge in [-0.3, -0.25) is 9.79 Å². The zero-order valence-corrected chi connectivity index (χ0v) is 18.9. The molecule has 1 aliphatic carbocycles. The lowest BCUT2D eigenvalue weighted by Crippen LogP contribution is -2.47. The lowest BCUT2D eigenvalue weighted by Gasteiger charge is -2.38. The Balaban J connectivity index is 0.00000338. The number of nitrogens with zero attached hydrogens (tertiary/aromatic N) is 2. The van der Waals surface area contributed by atoms with Gasteiger partial charge in [0.05, 0.1) is 12.6 Å². The summed E-state index contributed by atoms with van der Waals surface area (Å²) in [4.78, 5) is 18.7. The van der Waals surface area contributed by atoms with Crippen molar-refractivity contribution in [2.45, 2.75) is 64.9 Å². The van der Waals surface area contributed by atoms with E-state index in [0.29, 0.717) is 18.9 Å². The molecule has 2 unspecified atom stereocenters. The van der Waals surface area contributed by atoms with Gasteiger partial charge in [0.15, 0.2) is 5.96 Å². The van der Waals surface area contributed by atoms with Crippen LogP contribution in [0.1, 0.15) is 58.8 Å². The number of aliphatic imine (C=N–C) groups is 1. The number of nitrogens with one attached hydrogen (secondary N) is 2. The zero-order chi connectivity index (χ0) is 18.3. The van der Waals surface area contributed by atoms with E-state index in [1.54, 1.807) is 7.05 Å². The predicted molar refractivity (Wildman–Crippen MR) is 117 cm³/mol. The van der Waals surface area contributed by atoms with Crippen LogP contribution in [0.3, 0.4) is 0 Å². The lowest BCUT2D eigenvalue weighted by molar-refractivity contribution is -0.121. The summed E-state index contributed by atoms with van der Waals surface area (Å²) >= 11 is 0. The molecule has 0 bridgehead atoms. The second kappa shape index (κ2) is 11.3. The second-order valence-corrected chi connectivity index (χ2v) is 7.89. The van der Waals surface area contributed by atoms with Crippen molar-refractivity contribution in [3.05, 3.63) is 0 Å². The molecule has 2 aliphatic rings. The van der Waals surface area contributed by atoms with E-state index in [4.69, 9.17) is 4.99 Å². The minimum atomic E-state index is -0.244. The van der Waals surface area contributed by atoms with Crippen LogP contribution >= 0.6 is 24.0 Å². The molecule has 1 aliphatic heterocycles. The van der Waals surface area contributed by atoms with E-state index in [1.807, 2.05) is 0 Å². The first-order valence-corrected chi connectivity index (χ1v) is 9.90. The first-order valence-electron chi connectivity index (χ1n) is 9.90. The van der Waals surface area contributed by atoms with E-state index in [-0.39, 0.29) is 41.4 Å². The molecule has 0 aromatic heterocycles. The highest BCUT2D eigenvalue weighted by Gasteiger charge is 2.35. The number of amides is 1. The van der Waals surface area contributed by atoms with Gasteiger partial charge in [-0.1, -0.05) is 19.8 Å². The molecule has 1 amide bonds. The number of carbonyl (C=O) groups excluding carboxylic acids is 1. The Bertz CT molecular complexity index is 466. The molecule has 7 heteroatoms. The highest BCUT2D eigenvalue weighted by atomic mass is 127. The van der Waals surface area contributed by atoms with Gasteiger partial charge in [0.1, 0.15) is 0 Å². The molecular formula is C19H37IN4O2. The summed E-state index contributed by atoms with van der Waals surface area (Å²) in [6.45, 7) is 7.65. The number of hydrogen-bond donors (Lipinski definition) is 3. The number of carbonyl (C=O) groups is 1. The summed E-state index contributed by atoms with van der Waals surface area (Å²) in [7, 11) is 1.70. The Hall–Kier alpha value is -0.570. The van der Waals surface area contributed by atoms with E-state index in [9.17, 15) is 9.90 Å². The lowest BCUT2D eigenvalue weighted by atomic mass is 9.73. The van der Waals surface area contributed by atoms with Gasteiger partial charge < -0.3 is 20.6 Å². The number of likely N-dealkylation sites (tertiary alicyclic amines) is 1. The van der Waals surface area contributed by atoms with Gasteiger partial charge in [0.25, 0.3) is 0 Å². The SMILES string of the molecule is CCNC(=NCC1(C)CCCCC1O)N1CCC(CC(=O)NC)CC1.I. The van der Waals surface area contributed by atoms with E-state index in [1.165, 1.54) is 6.42 Å². The average Bonchev–Trinajstić information content (AvgIpc) is 2.62. The molecule has 2 fully saturated rings. The first-order chi connectivity index (χ1) is 12.0. The number of piperidine rings is 1. The quantitative estimate of drug-likeness (QED) is 0.321. The number of rotatable bonds is 5. The summed E-state index contributed by atoms with van der Waals surface area (Å²) in [6.07, 6.45) is 6.69. The maximum atomic E-state index is 11.6. The van der Waals surface area contributed by atoms with E-state index in [0.717, 1.165) is 57.7 Å². The van der Waals surface area contributed by atoms with Crippen molar-refractivity contribution in [1.29, 1.82) is 0 Å². The first kappa shape index (κ1) is 23.5. The summed E-state index contributed by atoms with van der Waals surface area (Å²) in [5.74, 6) is 1.56. The van der Waals surface area contributed by atoms with Gasteiger partial charge in [0, 0.05) is 38.5 Å². The molecule has 0 aromatic carbocycles. The van der Waals surface area contributed by atoms with Crippen LogP contribution in [0.15, 0.2) is 4.99 Å². The van der Waals surface area contributed by atoms with Crippen LogP contribution in [0, 0.1) is 11.3 Å². The summed E-state index contributed by atoms with van der Waals surface area (Å²) in [6, 6.07) is 0. The highest BCUT2D eigenvalue weighted by molar-refractivity contribution is 14.0. The van der Waals surface area contributed by atoms with Crippen LogP contribution in [0.4, 0.5) is 0 Å². The van der Waals surface area contributed by atoms with Gasteiger partial charge >= 0.3 is 0 Å². The molecule has 0 spiro atoms. The molecule has 3 N–H and O–H groups in total. The third-order valence-corrected chi connectivity index (χ3v) is 5.87. The topological polar surface area (TPSA) is 77.0 Å². The summed E-state index contributed by atoms with van der Waals surface area (Å²) in [5, 5.41) is 16.5. The third-order valence-electron chi connectivity index (χ3n) is 5.87. The minimum absolute atomic E-state index is 0. The van der Waals surface area contributed by atoms with Gasteiger partial charge in [-0.05, 0) is 38.5 Å². The van der Waals surface area contributed by atoms with Crippen LogP contribution in [0.5, 0.6) is 0 Å². The van der Waals surface area contributed by atoms with Crippen molar-refractivity contribution in [2.75, 3.05) is 33.2 Å². The molecule has 6 nitrogen and oxygen atoms in total. The average molecular weight is 480 g/mol. The maximum Gasteiger partial charge on any atom is 0.220 e. The van der Waals surface area contributed by atoms with Crippen molar-refractivity contribution < 1.29 is 9.90 Å². The van der Waals surface area contributed by atoms with E-state index in [2.05, 4.69) is 29.4 Å². The van der Waals surface area contributed by atoms with Crippen LogP contribution in [0.2, 0.25) is 0 Å². The minimum Gasteiger partial charge on any atom is -0.392 e. The Morgan fingerprint density at radius 3 is 2.54 bits per heavy atom. The fourth-order valence-electron chi connectivity index (χ4n) is 3.96. The van der Waals surface area contributed by atoms with Crippen molar-refractivity contribution in [2.24, 2.45) is 16.3 Å². The summed E-state index contributed by atoms with van der Waals surface area (Å²) < 4.78 is 0. The third kappa shape index (κ3) is 6.55. The standard InChI is InChI=1S/C19H36N4O2.HI/c1-4-21-18(22-14-19(2)10-6-5-7-16(19)24)23-11-8-15(9-12-23)13-17(25)20-3;/h15-16,24H,4-14H2,1-3H3,(H,20,25)(H,21,22);1H. The molecule has 1 heterocycles. The van der Waals surface area contributed by atoms with Crippen LogP contribution in [0.25, 0.3) is 0 Å². The van der Waals surface area contributed by atoms with Gasteiger partial charge in [-0.15, -0.1) is 24.0 Å². The predicted octanol–water partition coefficient (Wildman–Crippen LogP) is 2.36. The molecule has 26 heavy (non-hydrogen) atoms.